The first-order valence-corrected chi connectivity index (χ1v) is 7.74. The van der Waals surface area contributed by atoms with Crippen LogP contribution in [-0.2, 0) is 19.5 Å². The molecule has 0 fully saturated rings. The van der Waals surface area contributed by atoms with Gasteiger partial charge in [-0.2, -0.15) is 0 Å². The van der Waals surface area contributed by atoms with E-state index in [0.29, 0.717) is 13.2 Å². The van der Waals surface area contributed by atoms with Crippen molar-refractivity contribution in [2.24, 2.45) is 5.14 Å². The second-order valence-corrected chi connectivity index (χ2v) is 6.15. The van der Waals surface area contributed by atoms with Gasteiger partial charge in [0.1, 0.15) is 10.8 Å². The van der Waals surface area contributed by atoms with Crippen LogP contribution in [0, 0.1) is 0 Å². The zero-order valence-corrected chi connectivity index (χ0v) is 11.6. The average molecular weight is 293 g/mol. The monoisotopic (exact) mass is 293 g/mol. The molecule has 1 rings (SSSR count). The molecule has 2 N–H and O–H groups in total. The second-order valence-electron chi connectivity index (χ2n) is 3.45. The molecule has 6 nitrogen and oxygen atoms in total. The summed E-state index contributed by atoms with van der Waals surface area (Å²) in [6.07, 6.45) is 0.899. The van der Waals surface area contributed by atoms with E-state index < -0.39 is 16.0 Å². The van der Waals surface area contributed by atoms with Crippen LogP contribution in [0.2, 0.25) is 0 Å². The summed E-state index contributed by atoms with van der Waals surface area (Å²) in [5.41, 5.74) is 0.180. The second kappa shape index (κ2) is 6.83. The number of carbonyl (C=O) groups excluding carboxylic acids is 1. The van der Waals surface area contributed by atoms with E-state index in [-0.39, 0.29) is 16.4 Å². The SMILES string of the molecule is CCCOCCOC(=O)c1csc(S(N)(=O)=O)c1. The van der Waals surface area contributed by atoms with Crippen LogP contribution in [0.5, 0.6) is 0 Å². The van der Waals surface area contributed by atoms with Crippen molar-refractivity contribution < 1.29 is 22.7 Å². The smallest absolute Gasteiger partial charge is 0.339 e. The van der Waals surface area contributed by atoms with Crippen molar-refractivity contribution in [2.45, 2.75) is 17.6 Å². The summed E-state index contributed by atoms with van der Waals surface area (Å²) in [5.74, 6) is -0.582. The first-order valence-electron chi connectivity index (χ1n) is 5.31. The molecule has 0 amide bonds. The minimum Gasteiger partial charge on any atom is -0.460 e. The summed E-state index contributed by atoms with van der Waals surface area (Å²) in [6, 6.07) is 1.20. The molecule has 0 bridgehead atoms. The Hall–Kier alpha value is -0.960. The highest BCUT2D eigenvalue weighted by molar-refractivity contribution is 7.91. The van der Waals surface area contributed by atoms with Crippen molar-refractivity contribution >= 4 is 27.3 Å². The van der Waals surface area contributed by atoms with Crippen LogP contribution in [-0.4, -0.2) is 34.2 Å². The zero-order valence-electron chi connectivity index (χ0n) is 9.92. The predicted octanol–water partition coefficient (Wildman–Crippen LogP) is 0.979. The summed E-state index contributed by atoms with van der Waals surface area (Å²) in [5, 5.41) is 6.33. The van der Waals surface area contributed by atoms with Gasteiger partial charge >= 0.3 is 5.97 Å². The third-order valence-electron chi connectivity index (χ3n) is 1.90. The minimum atomic E-state index is -3.76. The van der Waals surface area contributed by atoms with Gasteiger partial charge in [-0.3, -0.25) is 0 Å². The highest BCUT2D eigenvalue weighted by atomic mass is 32.2. The van der Waals surface area contributed by atoms with Gasteiger partial charge in [-0.1, -0.05) is 6.92 Å². The lowest BCUT2D eigenvalue weighted by atomic mass is 10.3. The quantitative estimate of drug-likeness (QED) is 0.597. The minimum absolute atomic E-state index is 0.0586. The maximum absolute atomic E-state index is 11.5. The van der Waals surface area contributed by atoms with E-state index in [1.165, 1.54) is 11.4 Å². The molecule has 18 heavy (non-hydrogen) atoms. The summed E-state index contributed by atoms with van der Waals surface area (Å²) in [6.45, 7) is 3.06. The number of thiophene rings is 1. The average Bonchev–Trinajstić information content (AvgIpc) is 2.77. The Bertz CT molecular complexity index is 494. The molecule has 0 spiro atoms. The van der Waals surface area contributed by atoms with Gasteiger partial charge in [0.2, 0.25) is 10.0 Å². The van der Waals surface area contributed by atoms with Crippen molar-refractivity contribution in [1.29, 1.82) is 0 Å². The van der Waals surface area contributed by atoms with Gasteiger partial charge in [-0.25, -0.2) is 18.4 Å². The Balaban J connectivity index is 2.45. The fourth-order valence-corrected chi connectivity index (χ4v) is 2.67. The molecule has 1 aromatic rings. The molecular formula is C10H15NO5S2. The molecule has 0 saturated carbocycles. The van der Waals surface area contributed by atoms with Gasteiger partial charge in [0.05, 0.1) is 12.2 Å². The third kappa shape index (κ3) is 4.73. The topological polar surface area (TPSA) is 95.7 Å². The lowest BCUT2D eigenvalue weighted by Gasteiger charge is -2.03. The van der Waals surface area contributed by atoms with Crippen molar-refractivity contribution in [3.05, 3.63) is 17.0 Å². The number of nitrogens with two attached hydrogens (primary N) is 1. The molecule has 8 heteroatoms. The van der Waals surface area contributed by atoms with Crippen molar-refractivity contribution in [3.63, 3.8) is 0 Å². The van der Waals surface area contributed by atoms with E-state index in [1.54, 1.807) is 0 Å². The maximum Gasteiger partial charge on any atom is 0.339 e. The van der Waals surface area contributed by atoms with Gasteiger partial charge < -0.3 is 9.47 Å². The van der Waals surface area contributed by atoms with Gasteiger partial charge in [-0.15, -0.1) is 11.3 Å². The first-order chi connectivity index (χ1) is 8.45. The predicted molar refractivity (Wildman–Crippen MR) is 67.1 cm³/mol. The maximum atomic E-state index is 11.5. The fourth-order valence-electron chi connectivity index (χ4n) is 1.10. The van der Waals surface area contributed by atoms with E-state index in [1.807, 2.05) is 6.92 Å². The number of hydrogen-bond acceptors (Lipinski definition) is 6. The molecule has 1 aromatic heterocycles. The van der Waals surface area contributed by atoms with E-state index in [4.69, 9.17) is 14.6 Å². The van der Waals surface area contributed by atoms with Crippen LogP contribution in [0.1, 0.15) is 23.7 Å². The lowest BCUT2D eigenvalue weighted by Crippen LogP contribution is -2.12. The number of esters is 1. The standard InChI is InChI=1S/C10H15NO5S2/c1-2-3-15-4-5-16-10(12)8-6-9(17-7-8)18(11,13)14/h6-7H,2-5H2,1H3,(H2,11,13,14). The van der Waals surface area contributed by atoms with Crippen molar-refractivity contribution in [3.8, 4) is 0 Å². The van der Waals surface area contributed by atoms with Gasteiger partial charge in [-0.05, 0) is 12.5 Å². The summed E-state index contributed by atoms with van der Waals surface area (Å²) in [4.78, 5) is 11.5. The van der Waals surface area contributed by atoms with Crippen LogP contribution in [0.3, 0.4) is 0 Å². The number of hydrogen-bond donors (Lipinski definition) is 1. The molecule has 0 aliphatic carbocycles. The van der Waals surface area contributed by atoms with Crippen LogP contribution < -0.4 is 5.14 Å². The van der Waals surface area contributed by atoms with Crippen LogP contribution in [0.4, 0.5) is 0 Å². The molecule has 0 aliphatic rings. The lowest BCUT2D eigenvalue weighted by molar-refractivity contribution is 0.0319. The van der Waals surface area contributed by atoms with E-state index in [9.17, 15) is 13.2 Å². The molecule has 0 aromatic carbocycles. The van der Waals surface area contributed by atoms with E-state index >= 15 is 0 Å². The number of sulfonamides is 1. The molecule has 102 valence electrons. The van der Waals surface area contributed by atoms with E-state index in [2.05, 4.69) is 0 Å². The van der Waals surface area contributed by atoms with Crippen molar-refractivity contribution in [1.82, 2.24) is 0 Å². The van der Waals surface area contributed by atoms with E-state index in [0.717, 1.165) is 17.8 Å². The molecular weight excluding hydrogens is 278 g/mol. The Labute approximate surface area is 110 Å². The number of ether oxygens (including phenoxy) is 2. The largest absolute Gasteiger partial charge is 0.460 e. The molecule has 0 saturated heterocycles. The number of carbonyl (C=O) groups is 1. The Kier molecular flexibility index (Phi) is 5.73. The summed E-state index contributed by atoms with van der Waals surface area (Å²) < 4.78 is 32.0. The molecule has 1 heterocycles. The number of rotatable bonds is 7. The van der Waals surface area contributed by atoms with Crippen LogP contribution in [0.25, 0.3) is 0 Å². The molecule has 0 aliphatic heterocycles. The Morgan fingerprint density at radius 1 is 1.39 bits per heavy atom. The van der Waals surface area contributed by atoms with Gasteiger partial charge in [0.15, 0.2) is 0 Å². The third-order valence-corrected chi connectivity index (χ3v) is 4.29. The van der Waals surface area contributed by atoms with Gasteiger partial charge in [0.25, 0.3) is 0 Å². The molecule has 0 atom stereocenters. The normalized spacial score (nSPS) is 11.4. The van der Waals surface area contributed by atoms with Crippen LogP contribution >= 0.6 is 11.3 Å². The zero-order chi connectivity index (χ0) is 13.6. The summed E-state index contributed by atoms with van der Waals surface area (Å²) in [7, 11) is -3.76. The first kappa shape index (κ1) is 15.1. The summed E-state index contributed by atoms with van der Waals surface area (Å²) >= 11 is 0.887. The number of primary sulfonamides is 1. The Morgan fingerprint density at radius 2 is 2.11 bits per heavy atom. The molecule has 0 radical (unpaired) electrons. The molecule has 0 unspecified atom stereocenters. The Morgan fingerprint density at radius 3 is 2.67 bits per heavy atom. The van der Waals surface area contributed by atoms with Gasteiger partial charge in [0, 0.05) is 12.0 Å². The highest BCUT2D eigenvalue weighted by Crippen LogP contribution is 2.19. The van der Waals surface area contributed by atoms with Crippen LogP contribution in [0.15, 0.2) is 15.7 Å². The fraction of sp³-hybridized carbons (Fsp3) is 0.500. The van der Waals surface area contributed by atoms with Crippen molar-refractivity contribution in [2.75, 3.05) is 19.8 Å². The highest BCUT2D eigenvalue weighted by Gasteiger charge is 2.15.